The van der Waals surface area contributed by atoms with Crippen LogP contribution in [0.5, 0.6) is 0 Å². The topological polar surface area (TPSA) is 22.1 Å². The van der Waals surface area contributed by atoms with Crippen LogP contribution in [0.3, 0.4) is 0 Å². The van der Waals surface area contributed by atoms with Gasteiger partial charge in [-0.1, -0.05) is 91.1 Å². The molecule has 1 rings (SSSR count). The van der Waals surface area contributed by atoms with Crippen molar-refractivity contribution in [1.29, 1.82) is 0 Å². The number of pyridine rings is 1. The zero-order valence-corrected chi connectivity index (χ0v) is 21.2. The second kappa shape index (κ2) is 22.7. The Morgan fingerprint density at radius 3 is 1.97 bits per heavy atom. The average Bonchev–Trinajstić information content (AvgIpc) is 2.84. The fourth-order valence-corrected chi connectivity index (χ4v) is 2.14. The fourth-order valence-electron chi connectivity index (χ4n) is 2.14. The third kappa shape index (κ3) is 12.8. The lowest BCUT2D eigenvalue weighted by Crippen LogP contribution is -2.28. The van der Waals surface area contributed by atoms with Gasteiger partial charge in [0, 0.05) is 0 Å². The Labute approximate surface area is 186 Å². The third-order valence-corrected chi connectivity index (χ3v) is 3.59. The molecular formula is C28H45NO. The molecule has 0 aliphatic carbocycles. The lowest BCUT2D eigenvalue weighted by atomic mass is 10.1. The van der Waals surface area contributed by atoms with Crippen LogP contribution in [0.4, 0.5) is 0 Å². The summed E-state index contributed by atoms with van der Waals surface area (Å²) in [5.74, 6) is 0.708. The van der Waals surface area contributed by atoms with Gasteiger partial charge in [-0.25, -0.2) is 4.98 Å². The molecule has 0 radical (unpaired) electrons. The van der Waals surface area contributed by atoms with E-state index in [2.05, 4.69) is 24.2 Å². The molecule has 0 aromatic carbocycles. The van der Waals surface area contributed by atoms with Crippen molar-refractivity contribution in [1.82, 2.24) is 4.98 Å². The summed E-state index contributed by atoms with van der Waals surface area (Å²) < 4.78 is 5.88. The number of hydrogen-bond acceptors (Lipinski definition) is 2. The molecule has 0 N–H and O–H groups in total. The van der Waals surface area contributed by atoms with Gasteiger partial charge in [-0.2, -0.15) is 0 Å². The molecule has 0 saturated carbocycles. The van der Waals surface area contributed by atoms with Gasteiger partial charge >= 0.3 is 0 Å². The smallest absolute Gasteiger partial charge is 0.130 e. The summed E-state index contributed by atoms with van der Waals surface area (Å²) in [6, 6.07) is 4.05. The lowest BCUT2D eigenvalue weighted by Gasteiger charge is -2.08. The lowest BCUT2D eigenvalue weighted by molar-refractivity contribution is 0.207. The van der Waals surface area contributed by atoms with Gasteiger partial charge in [0.15, 0.2) is 0 Å². The molecule has 30 heavy (non-hydrogen) atoms. The van der Waals surface area contributed by atoms with Crippen LogP contribution in [-0.2, 0) is 11.3 Å². The first-order chi connectivity index (χ1) is 14.6. The molecule has 0 atom stereocenters. The van der Waals surface area contributed by atoms with Gasteiger partial charge in [0.2, 0.25) is 0 Å². The first-order valence-electron chi connectivity index (χ1n) is 11.1. The maximum Gasteiger partial charge on any atom is 0.130 e. The summed E-state index contributed by atoms with van der Waals surface area (Å²) in [7, 11) is 0. The van der Waals surface area contributed by atoms with Crippen LogP contribution in [0.25, 0.3) is 12.2 Å². The van der Waals surface area contributed by atoms with E-state index in [1.54, 1.807) is 6.08 Å². The number of ether oxygens (including phenoxy) is 1. The Hall–Kier alpha value is -2.61. The van der Waals surface area contributed by atoms with E-state index in [0.717, 1.165) is 27.4 Å². The SMILES string of the molecule is C=C\C(=C/C(/C=C\C)=C(\C)C=C)OCc1ccc(=C/C)/c(=C\C)n1.CC.CC.CC. The van der Waals surface area contributed by atoms with Crippen molar-refractivity contribution < 1.29 is 4.74 Å². The van der Waals surface area contributed by atoms with Crippen LogP contribution in [0.1, 0.15) is 74.9 Å². The van der Waals surface area contributed by atoms with Crippen molar-refractivity contribution >= 4 is 12.2 Å². The maximum absolute atomic E-state index is 5.88. The summed E-state index contributed by atoms with van der Waals surface area (Å²) in [6.07, 6.45) is 13.6. The molecular weight excluding hydrogens is 366 g/mol. The third-order valence-electron chi connectivity index (χ3n) is 3.59. The summed E-state index contributed by atoms with van der Waals surface area (Å²) in [5.41, 5.74) is 3.02. The van der Waals surface area contributed by atoms with Crippen LogP contribution < -0.4 is 10.6 Å². The van der Waals surface area contributed by atoms with Gasteiger partial charge in [-0.15, -0.1) is 0 Å². The van der Waals surface area contributed by atoms with Crippen molar-refractivity contribution in [3.05, 3.63) is 88.8 Å². The molecule has 1 heterocycles. The molecule has 0 bridgehead atoms. The molecule has 0 spiro atoms. The Morgan fingerprint density at radius 1 is 0.933 bits per heavy atom. The minimum absolute atomic E-state index is 0.402. The fraction of sp³-hybridized carbons (Fsp3) is 0.393. The maximum atomic E-state index is 5.88. The predicted octanol–water partition coefficient (Wildman–Crippen LogP) is 7.43. The summed E-state index contributed by atoms with van der Waals surface area (Å²) in [5, 5.41) is 2.10. The number of rotatable bonds is 7. The normalized spacial score (nSPS) is 12.4. The summed E-state index contributed by atoms with van der Waals surface area (Å²) >= 11 is 0. The van der Waals surface area contributed by atoms with E-state index in [-0.39, 0.29) is 0 Å². The molecule has 1 aromatic rings. The largest absolute Gasteiger partial charge is 0.487 e. The molecule has 0 fully saturated rings. The van der Waals surface area contributed by atoms with Gasteiger partial charge in [0.05, 0.1) is 11.0 Å². The molecule has 168 valence electrons. The molecule has 0 amide bonds. The van der Waals surface area contributed by atoms with E-state index in [1.807, 2.05) is 112 Å². The molecule has 0 saturated heterocycles. The zero-order valence-electron chi connectivity index (χ0n) is 21.2. The highest BCUT2D eigenvalue weighted by Gasteiger charge is 2.00. The van der Waals surface area contributed by atoms with Gasteiger partial charge < -0.3 is 4.74 Å². The zero-order chi connectivity index (χ0) is 23.9. The van der Waals surface area contributed by atoms with Crippen LogP contribution in [0.2, 0.25) is 0 Å². The molecule has 2 nitrogen and oxygen atoms in total. The predicted molar refractivity (Wildman–Crippen MR) is 139 cm³/mol. The quantitative estimate of drug-likeness (QED) is 0.344. The van der Waals surface area contributed by atoms with Crippen LogP contribution in [0.15, 0.2) is 72.6 Å². The minimum Gasteiger partial charge on any atom is -0.487 e. The molecule has 1 aromatic heterocycles. The van der Waals surface area contributed by atoms with E-state index in [9.17, 15) is 0 Å². The Bertz CT molecular complexity index is 792. The van der Waals surface area contributed by atoms with Crippen LogP contribution >= 0.6 is 0 Å². The monoisotopic (exact) mass is 411 g/mol. The second-order valence-electron chi connectivity index (χ2n) is 5.24. The Morgan fingerprint density at radius 2 is 1.53 bits per heavy atom. The minimum atomic E-state index is 0.402. The van der Waals surface area contributed by atoms with Crippen LogP contribution in [-0.4, -0.2) is 4.98 Å². The molecule has 2 heteroatoms. The van der Waals surface area contributed by atoms with Crippen molar-refractivity contribution in [3.8, 4) is 0 Å². The average molecular weight is 412 g/mol. The first-order valence-corrected chi connectivity index (χ1v) is 11.1. The molecule has 0 aliphatic rings. The molecule has 0 unspecified atom stereocenters. The van der Waals surface area contributed by atoms with Crippen molar-refractivity contribution in [2.75, 3.05) is 0 Å². The second-order valence-corrected chi connectivity index (χ2v) is 5.24. The van der Waals surface area contributed by atoms with Gasteiger partial charge in [0.25, 0.3) is 0 Å². The highest BCUT2D eigenvalue weighted by atomic mass is 16.5. The number of hydrogen-bond donors (Lipinski definition) is 0. The number of nitrogens with zero attached hydrogens (tertiary/aromatic N) is 1. The van der Waals surface area contributed by atoms with E-state index in [4.69, 9.17) is 4.74 Å². The van der Waals surface area contributed by atoms with E-state index < -0.39 is 0 Å². The van der Waals surface area contributed by atoms with Crippen molar-refractivity contribution in [2.45, 2.75) is 75.8 Å². The molecule has 0 aliphatic heterocycles. The van der Waals surface area contributed by atoms with Crippen molar-refractivity contribution in [3.63, 3.8) is 0 Å². The highest BCUT2D eigenvalue weighted by molar-refractivity contribution is 5.41. The Balaban J connectivity index is -0.00000111. The van der Waals surface area contributed by atoms with Gasteiger partial charge in [0.1, 0.15) is 12.4 Å². The van der Waals surface area contributed by atoms with E-state index in [0.29, 0.717) is 12.4 Å². The van der Waals surface area contributed by atoms with Gasteiger partial charge in [-0.3, -0.25) is 0 Å². The van der Waals surface area contributed by atoms with Crippen molar-refractivity contribution in [2.24, 2.45) is 0 Å². The van der Waals surface area contributed by atoms with E-state index >= 15 is 0 Å². The standard InChI is InChI=1S/C22H27NO.3C2H6/c1-7-12-19(17(6)8-2)15-21(10-4)24-16-20-14-13-18(9-3)22(11-5)23-20;3*1-2/h7-15H,2,4,16H2,1,3,5-6H3;3*1-2H3/b12-7-,18-9-,19-17+,21-15+,22-11+;;;. The summed E-state index contributed by atoms with van der Waals surface area (Å²) in [4.78, 5) is 4.62. The number of aromatic nitrogens is 1. The number of allylic oxidation sites excluding steroid dienone is 7. The van der Waals surface area contributed by atoms with Crippen LogP contribution in [0, 0.1) is 0 Å². The Kier molecular flexibility index (Phi) is 24.2. The van der Waals surface area contributed by atoms with E-state index in [1.165, 1.54) is 0 Å². The first kappa shape index (κ1) is 32.1. The highest BCUT2D eigenvalue weighted by Crippen LogP contribution is 2.14. The summed E-state index contributed by atoms with van der Waals surface area (Å²) in [6.45, 7) is 28.1. The van der Waals surface area contributed by atoms with Gasteiger partial charge in [-0.05, 0) is 62.3 Å².